The van der Waals surface area contributed by atoms with Crippen molar-refractivity contribution in [2.24, 2.45) is 0 Å². The molecule has 2 aromatic heterocycles. The van der Waals surface area contributed by atoms with E-state index < -0.39 is 0 Å². The topological polar surface area (TPSA) is 71.8 Å². The third-order valence-corrected chi connectivity index (χ3v) is 3.38. The number of aryl methyl sites for hydroxylation is 1. The zero-order valence-corrected chi connectivity index (χ0v) is 11.9. The van der Waals surface area contributed by atoms with E-state index in [1.54, 1.807) is 6.20 Å². The van der Waals surface area contributed by atoms with Gasteiger partial charge in [-0.15, -0.1) is 0 Å². The summed E-state index contributed by atoms with van der Waals surface area (Å²) in [7, 11) is 0. The summed E-state index contributed by atoms with van der Waals surface area (Å²) in [5.74, 6) is 2.85. The van der Waals surface area contributed by atoms with Gasteiger partial charge in [-0.05, 0) is 26.7 Å². The van der Waals surface area contributed by atoms with E-state index in [9.17, 15) is 0 Å². The number of hydrogen-bond acceptors (Lipinski definition) is 6. The van der Waals surface area contributed by atoms with E-state index in [1.165, 1.54) is 12.8 Å². The molecule has 1 aliphatic heterocycles. The summed E-state index contributed by atoms with van der Waals surface area (Å²) in [4.78, 5) is 20.0. The average Bonchev–Trinajstić information content (AvgIpc) is 3.09. The predicted molar refractivity (Wildman–Crippen MR) is 77.3 cm³/mol. The minimum atomic E-state index is 0.618. The normalized spacial score (nSPS) is 14.8. The quantitative estimate of drug-likeness (QED) is 0.908. The highest BCUT2D eigenvalue weighted by molar-refractivity contribution is 5.41. The van der Waals surface area contributed by atoms with Gasteiger partial charge in [-0.1, -0.05) is 0 Å². The SMILES string of the molecule is CCNc1nc(N2CCCC2)nc(-n2ccnc2C)n1. The van der Waals surface area contributed by atoms with Crippen molar-refractivity contribution in [2.45, 2.75) is 26.7 Å². The Balaban J connectivity index is 2.02. The van der Waals surface area contributed by atoms with Gasteiger partial charge in [-0.2, -0.15) is 15.0 Å². The highest BCUT2D eigenvalue weighted by atomic mass is 15.3. The third-order valence-electron chi connectivity index (χ3n) is 3.38. The van der Waals surface area contributed by atoms with Crippen LogP contribution in [0.3, 0.4) is 0 Å². The number of aromatic nitrogens is 5. The first kappa shape index (κ1) is 12.8. The van der Waals surface area contributed by atoms with Crippen molar-refractivity contribution in [1.82, 2.24) is 24.5 Å². The second kappa shape index (κ2) is 5.44. The van der Waals surface area contributed by atoms with Crippen molar-refractivity contribution in [2.75, 3.05) is 29.9 Å². The number of nitrogens with zero attached hydrogens (tertiary/aromatic N) is 6. The monoisotopic (exact) mass is 273 g/mol. The molecule has 7 nitrogen and oxygen atoms in total. The largest absolute Gasteiger partial charge is 0.354 e. The Kier molecular flexibility index (Phi) is 3.49. The molecule has 0 saturated carbocycles. The molecule has 7 heteroatoms. The Morgan fingerprint density at radius 3 is 2.55 bits per heavy atom. The molecule has 1 N–H and O–H groups in total. The second-order valence-electron chi connectivity index (χ2n) is 4.83. The number of anilines is 2. The number of rotatable bonds is 4. The maximum atomic E-state index is 4.59. The molecule has 106 valence electrons. The first-order chi connectivity index (χ1) is 9.78. The molecule has 3 rings (SSSR count). The lowest BCUT2D eigenvalue weighted by molar-refractivity contribution is 0.823. The molecular formula is C13H19N7. The van der Waals surface area contributed by atoms with Gasteiger partial charge in [0.1, 0.15) is 5.82 Å². The number of nitrogens with one attached hydrogen (secondary N) is 1. The van der Waals surface area contributed by atoms with Crippen LogP contribution in [0.1, 0.15) is 25.6 Å². The second-order valence-corrected chi connectivity index (χ2v) is 4.83. The van der Waals surface area contributed by atoms with Crippen LogP contribution in [0.25, 0.3) is 5.95 Å². The molecule has 1 aliphatic rings. The lowest BCUT2D eigenvalue weighted by Crippen LogP contribution is -2.22. The van der Waals surface area contributed by atoms with E-state index >= 15 is 0 Å². The molecule has 1 fully saturated rings. The lowest BCUT2D eigenvalue weighted by Gasteiger charge is -2.17. The third kappa shape index (κ3) is 2.43. The van der Waals surface area contributed by atoms with Gasteiger partial charge in [0.15, 0.2) is 0 Å². The molecule has 0 amide bonds. The van der Waals surface area contributed by atoms with Crippen LogP contribution in [-0.2, 0) is 0 Å². The Hall–Kier alpha value is -2.18. The van der Waals surface area contributed by atoms with E-state index in [1.807, 2.05) is 24.6 Å². The zero-order valence-electron chi connectivity index (χ0n) is 11.9. The Labute approximate surface area is 118 Å². The molecule has 0 unspecified atom stereocenters. The molecule has 0 spiro atoms. The molecule has 0 aromatic carbocycles. The van der Waals surface area contributed by atoms with Gasteiger partial charge in [0.05, 0.1) is 0 Å². The van der Waals surface area contributed by atoms with Crippen LogP contribution in [0.2, 0.25) is 0 Å². The van der Waals surface area contributed by atoms with E-state index in [0.29, 0.717) is 11.9 Å². The molecule has 0 radical (unpaired) electrons. The summed E-state index contributed by atoms with van der Waals surface area (Å²) >= 11 is 0. The van der Waals surface area contributed by atoms with E-state index in [0.717, 1.165) is 31.4 Å². The average molecular weight is 273 g/mol. The number of imidazole rings is 1. The predicted octanol–water partition coefficient (Wildman–Crippen LogP) is 1.40. The van der Waals surface area contributed by atoms with Crippen molar-refractivity contribution in [3.05, 3.63) is 18.2 Å². The van der Waals surface area contributed by atoms with Crippen LogP contribution in [0.15, 0.2) is 12.4 Å². The first-order valence-electron chi connectivity index (χ1n) is 7.03. The van der Waals surface area contributed by atoms with Gasteiger partial charge in [0.2, 0.25) is 17.8 Å². The fourth-order valence-corrected chi connectivity index (χ4v) is 2.35. The van der Waals surface area contributed by atoms with E-state index in [2.05, 4.69) is 30.2 Å². The standard InChI is InChI=1S/C13H19N7/c1-3-14-11-16-12(19-7-4-5-8-19)18-13(17-11)20-9-6-15-10(20)2/h6,9H,3-5,7-8H2,1-2H3,(H,14,16,17,18). The molecule has 1 saturated heterocycles. The van der Waals surface area contributed by atoms with Gasteiger partial charge in [0.25, 0.3) is 0 Å². The first-order valence-corrected chi connectivity index (χ1v) is 7.03. The van der Waals surface area contributed by atoms with E-state index in [-0.39, 0.29) is 0 Å². The van der Waals surface area contributed by atoms with Crippen LogP contribution < -0.4 is 10.2 Å². The van der Waals surface area contributed by atoms with E-state index in [4.69, 9.17) is 0 Å². The fraction of sp³-hybridized carbons (Fsp3) is 0.538. The summed E-state index contributed by atoms with van der Waals surface area (Å²) in [6, 6.07) is 0. The summed E-state index contributed by atoms with van der Waals surface area (Å²) in [5, 5.41) is 3.17. The van der Waals surface area contributed by atoms with Gasteiger partial charge >= 0.3 is 0 Å². The van der Waals surface area contributed by atoms with Crippen LogP contribution in [0.4, 0.5) is 11.9 Å². The maximum Gasteiger partial charge on any atom is 0.241 e. The summed E-state index contributed by atoms with van der Waals surface area (Å²) in [6.07, 6.45) is 6.01. The Morgan fingerprint density at radius 1 is 1.15 bits per heavy atom. The van der Waals surface area contributed by atoms with Gasteiger partial charge < -0.3 is 10.2 Å². The minimum absolute atomic E-state index is 0.618. The molecule has 0 aliphatic carbocycles. The zero-order chi connectivity index (χ0) is 13.9. The smallest absolute Gasteiger partial charge is 0.241 e. The Bertz CT molecular complexity index is 586. The van der Waals surface area contributed by atoms with Crippen molar-refractivity contribution in [1.29, 1.82) is 0 Å². The summed E-state index contributed by atoms with van der Waals surface area (Å²) in [6.45, 7) is 6.77. The molecule has 2 aromatic rings. The molecule has 0 bridgehead atoms. The van der Waals surface area contributed by atoms with Crippen molar-refractivity contribution < 1.29 is 0 Å². The maximum absolute atomic E-state index is 4.59. The lowest BCUT2D eigenvalue weighted by atomic mass is 10.4. The highest BCUT2D eigenvalue weighted by Gasteiger charge is 2.18. The van der Waals surface area contributed by atoms with Crippen LogP contribution in [0, 0.1) is 6.92 Å². The van der Waals surface area contributed by atoms with Gasteiger partial charge in [-0.3, -0.25) is 4.57 Å². The van der Waals surface area contributed by atoms with Crippen molar-refractivity contribution in [3.63, 3.8) is 0 Å². The van der Waals surface area contributed by atoms with Crippen molar-refractivity contribution in [3.8, 4) is 5.95 Å². The molecular weight excluding hydrogens is 254 g/mol. The summed E-state index contributed by atoms with van der Waals surface area (Å²) in [5.41, 5.74) is 0. The van der Waals surface area contributed by atoms with Crippen LogP contribution >= 0.6 is 0 Å². The molecule has 3 heterocycles. The molecule has 0 atom stereocenters. The van der Waals surface area contributed by atoms with Crippen LogP contribution in [-0.4, -0.2) is 44.1 Å². The van der Waals surface area contributed by atoms with Crippen molar-refractivity contribution >= 4 is 11.9 Å². The highest BCUT2D eigenvalue weighted by Crippen LogP contribution is 2.18. The minimum Gasteiger partial charge on any atom is -0.354 e. The van der Waals surface area contributed by atoms with Gasteiger partial charge in [0, 0.05) is 32.0 Å². The Morgan fingerprint density at radius 2 is 1.90 bits per heavy atom. The van der Waals surface area contributed by atoms with Gasteiger partial charge in [-0.25, -0.2) is 4.98 Å². The fourth-order valence-electron chi connectivity index (χ4n) is 2.35. The molecule has 20 heavy (non-hydrogen) atoms. The number of hydrogen-bond donors (Lipinski definition) is 1. The summed E-state index contributed by atoms with van der Waals surface area (Å²) < 4.78 is 1.88. The van der Waals surface area contributed by atoms with Crippen LogP contribution in [0.5, 0.6) is 0 Å².